The summed E-state index contributed by atoms with van der Waals surface area (Å²) in [6.07, 6.45) is 83.0. The van der Waals surface area contributed by atoms with Crippen molar-refractivity contribution >= 4 is 17.9 Å². The van der Waals surface area contributed by atoms with E-state index in [1.54, 1.807) is 0 Å². The fourth-order valence-electron chi connectivity index (χ4n) is 9.09. The molecule has 432 valence electrons. The first kappa shape index (κ1) is 71.6. The van der Waals surface area contributed by atoms with Crippen molar-refractivity contribution in [2.24, 2.45) is 0 Å². The normalized spacial score (nSPS) is 12.6. The third-order valence-electron chi connectivity index (χ3n) is 13.9. The first-order valence-electron chi connectivity index (χ1n) is 32.1. The number of rotatable bonds is 58. The van der Waals surface area contributed by atoms with E-state index in [1.807, 2.05) is 0 Å². The lowest BCUT2D eigenvalue weighted by atomic mass is 10.0. The number of ether oxygens (including phenoxy) is 3. The lowest BCUT2D eigenvalue weighted by Crippen LogP contribution is -2.30. The Bertz CT molecular complexity index is 1430. The van der Waals surface area contributed by atoms with E-state index < -0.39 is 6.10 Å². The number of carbonyl (C=O) groups excluding carboxylic acids is 3. The number of carbonyl (C=O) groups is 3. The molecule has 0 saturated heterocycles. The Hall–Kier alpha value is -3.41. The zero-order chi connectivity index (χ0) is 54.3. The van der Waals surface area contributed by atoms with Crippen molar-refractivity contribution in [3.05, 3.63) is 85.1 Å². The van der Waals surface area contributed by atoms with E-state index >= 15 is 0 Å². The quantitative estimate of drug-likeness (QED) is 0.0261. The van der Waals surface area contributed by atoms with E-state index in [0.29, 0.717) is 19.3 Å². The van der Waals surface area contributed by atoms with Crippen LogP contribution in [0.2, 0.25) is 0 Å². The van der Waals surface area contributed by atoms with Crippen molar-refractivity contribution in [1.29, 1.82) is 0 Å². The van der Waals surface area contributed by atoms with Crippen LogP contribution >= 0.6 is 0 Å². The summed E-state index contributed by atoms with van der Waals surface area (Å²) in [7, 11) is 0. The molecular weight excluding hydrogens is 925 g/mol. The summed E-state index contributed by atoms with van der Waals surface area (Å²) in [5, 5.41) is 0. The Balaban J connectivity index is 4.42. The Morgan fingerprint density at radius 1 is 0.280 bits per heavy atom. The van der Waals surface area contributed by atoms with Gasteiger partial charge in [0.25, 0.3) is 0 Å². The number of hydrogen-bond acceptors (Lipinski definition) is 6. The molecule has 0 bridgehead atoms. The molecule has 75 heavy (non-hydrogen) atoms. The SMILES string of the molecule is CC/C=C\C/C=C\C/C=C\C/C=C\C/C=C\CCCCCC(=O)OC[C@@H](COC(=O)CCCCCCCCCCCCCCCCCCCCC)OC(=O)CCCCCCCCCCC/C=C\C/C=C\CCCCC. The third-order valence-corrected chi connectivity index (χ3v) is 13.9. The Morgan fingerprint density at radius 3 is 0.853 bits per heavy atom. The Kier molecular flexibility index (Phi) is 60.3. The highest BCUT2D eigenvalue weighted by atomic mass is 16.6. The molecule has 0 amide bonds. The molecule has 0 spiro atoms. The summed E-state index contributed by atoms with van der Waals surface area (Å²) >= 11 is 0. The highest BCUT2D eigenvalue weighted by Gasteiger charge is 2.19. The molecule has 0 aliphatic carbocycles. The fourth-order valence-corrected chi connectivity index (χ4v) is 9.09. The van der Waals surface area contributed by atoms with Crippen LogP contribution in [0.25, 0.3) is 0 Å². The van der Waals surface area contributed by atoms with Gasteiger partial charge in [-0.05, 0) is 96.3 Å². The van der Waals surface area contributed by atoms with Crippen molar-refractivity contribution in [3.63, 3.8) is 0 Å². The van der Waals surface area contributed by atoms with Crippen LogP contribution in [0.1, 0.15) is 316 Å². The third kappa shape index (κ3) is 61.3. The van der Waals surface area contributed by atoms with Gasteiger partial charge in [0.15, 0.2) is 6.10 Å². The molecule has 0 aromatic heterocycles. The molecule has 0 rings (SSSR count). The van der Waals surface area contributed by atoms with Gasteiger partial charge in [-0.2, -0.15) is 0 Å². The van der Waals surface area contributed by atoms with Gasteiger partial charge >= 0.3 is 17.9 Å². The molecule has 0 aliphatic rings. The molecule has 6 nitrogen and oxygen atoms in total. The molecule has 0 radical (unpaired) electrons. The van der Waals surface area contributed by atoms with E-state index in [-0.39, 0.29) is 31.1 Å². The zero-order valence-electron chi connectivity index (χ0n) is 49.6. The summed E-state index contributed by atoms with van der Waals surface area (Å²) < 4.78 is 16.9. The Labute approximate surface area is 465 Å². The van der Waals surface area contributed by atoms with Gasteiger partial charge in [-0.25, -0.2) is 0 Å². The monoisotopic (exact) mass is 1040 g/mol. The van der Waals surface area contributed by atoms with Crippen molar-refractivity contribution in [3.8, 4) is 0 Å². The molecule has 1 atom stereocenters. The number of allylic oxidation sites excluding steroid dienone is 14. The molecule has 0 N–H and O–H groups in total. The topological polar surface area (TPSA) is 78.9 Å². The summed E-state index contributed by atoms with van der Waals surface area (Å²) in [6, 6.07) is 0. The van der Waals surface area contributed by atoms with Crippen molar-refractivity contribution in [2.75, 3.05) is 13.2 Å². The van der Waals surface area contributed by atoms with Gasteiger partial charge in [0.1, 0.15) is 13.2 Å². The maximum absolute atomic E-state index is 12.9. The second-order valence-corrected chi connectivity index (χ2v) is 21.3. The minimum Gasteiger partial charge on any atom is -0.462 e. The van der Waals surface area contributed by atoms with E-state index in [0.717, 1.165) is 103 Å². The molecule has 0 heterocycles. The Morgan fingerprint density at radius 2 is 0.520 bits per heavy atom. The van der Waals surface area contributed by atoms with Crippen LogP contribution in [-0.2, 0) is 28.6 Å². The number of hydrogen-bond donors (Lipinski definition) is 0. The molecule has 0 unspecified atom stereocenters. The first-order chi connectivity index (χ1) is 37.0. The average Bonchev–Trinajstić information content (AvgIpc) is 3.41. The molecule has 0 aromatic rings. The highest BCUT2D eigenvalue weighted by molar-refractivity contribution is 5.71. The van der Waals surface area contributed by atoms with Crippen LogP contribution in [0.4, 0.5) is 0 Å². The predicted molar refractivity (Wildman–Crippen MR) is 325 cm³/mol. The standard InChI is InChI=1S/C69H120O6/c1-4-7-10-13-16-19-22-25-28-31-34-37-40-43-46-49-52-55-58-61-67(70)73-64-66(75-69(72)63-60-57-54-51-48-45-42-39-36-33-30-27-24-21-18-15-12-9-6-3)65-74-68(71)62-59-56-53-50-47-44-41-38-35-32-29-26-23-20-17-14-11-8-5-2/h7,10,16,18-19,21,25,27-28,30,34,37,43,46,66H,4-6,8-9,11-15,17,20,22-24,26,29,31-33,35-36,38-42,44-45,47-65H2,1-3H3/b10-7-,19-16-,21-18-,28-25-,30-27-,37-34-,46-43-/t66-/m0/s1. The first-order valence-corrected chi connectivity index (χ1v) is 32.1. The van der Waals surface area contributed by atoms with E-state index in [4.69, 9.17) is 14.2 Å². The van der Waals surface area contributed by atoms with Gasteiger partial charge in [0.05, 0.1) is 0 Å². The molecule has 6 heteroatoms. The van der Waals surface area contributed by atoms with Crippen LogP contribution in [0.3, 0.4) is 0 Å². The maximum atomic E-state index is 12.9. The van der Waals surface area contributed by atoms with Crippen LogP contribution in [0.15, 0.2) is 85.1 Å². The highest BCUT2D eigenvalue weighted by Crippen LogP contribution is 2.17. The van der Waals surface area contributed by atoms with Crippen LogP contribution in [0.5, 0.6) is 0 Å². The van der Waals surface area contributed by atoms with Crippen LogP contribution in [-0.4, -0.2) is 37.2 Å². The van der Waals surface area contributed by atoms with Crippen molar-refractivity contribution in [1.82, 2.24) is 0 Å². The van der Waals surface area contributed by atoms with Gasteiger partial charge in [-0.1, -0.05) is 286 Å². The smallest absolute Gasteiger partial charge is 0.306 e. The minimum atomic E-state index is -0.793. The lowest BCUT2D eigenvalue weighted by molar-refractivity contribution is -0.167. The largest absolute Gasteiger partial charge is 0.462 e. The number of unbranched alkanes of at least 4 members (excludes halogenated alkanes) is 33. The molecule has 0 saturated carbocycles. The average molecular weight is 1050 g/mol. The van der Waals surface area contributed by atoms with Crippen LogP contribution < -0.4 is 0 Å². The summed E-state index contributed by atoms with van der Waals surface area (Å²) in [5.41, 5.74) is 0. The zero-order valence-corrected chi connectivity index (χ0v) is 49.6. The van der Waals surface area contributed by atoms with E-state index in [9.17, 15) is 14.4 Å². The minimum absolute atomic E-state index is 0.0863. The maximum Gasteiger partial charge on any atom is 0.306 e. The summed E-state index contributed by atoms with van der Waals surface area (Å²) in [6.45, 7) is 6.51. The van der Waals surface area contributed by atoms with Crippen LogP contribution in [0, 0.1) is 0 Å². The van der Waals surface area contributed by atoms with E-state index in [1.165, 1.54) is 173 Å². The predicted octanol–water partition coefficient (Wildman–Crippen LogP) is 21.9. The number of esters is 3. The summed E-state index contributed by atoms with van der Waals surface area (Å²) in [4.78, 5) is 38.3. The molecular formula is C69H120O6. The van der Waals surface area contributed by atoms with Gasteiger partial charge in [0.2, 0.25) is 0 Å². The second-order valence-electron chi connectivity index (χ2n) is 21.3. The fraction of sp³-hybridized carbons (Fsp3) is 0.754. The molecule has 0 fully saturated rings. The molecule has 0 aliphatic heterocycles. The molecule has 0 aromatic carbocycles. The van der Waals surface area contributed by atoms with Gasteiger partial charge < -0.3 is 14.2 Å². The summed E-state index contributed by atoms with van der Waals surface area (Å²) in [5.74, 6) is -0.909. The second kappa shape index (κ2) is 63.1. The van der Waals surface area contributed by atoms with Gasteiger partial charge in [-0.15, -0.1) is 0 Å². The van der Waals surface area contributed by atoms with Crippen molar-refractivity contribution < 1.29 is 28.6 Å². The van der Waals surface area contributed by atoms with E-state index in [2.05, 4.69) is 106 Å². The van der Waals surface area contributed by atoms with Crippen molar-refractivity contribution in [2.45, 2.75) is 322 Å². The van der Waals surface area contributed by atoms with Gasteiger partial charge in [-0.3, -0.25) is 14.4 Å². The van der Waals surface area contributed by atoms with Gasteiger partial charge in [0, 0.05) is 19.3 Å². The lowest BCUT2D eigenvalue weighted by Gasteiger charge is -2.18.